The Morgan fingerprint density at radius 2 is 2.21 bits per heavy atom. The predicted molar refractivity (Wildman–Crippen MR) is 77.4 cm³/mol. The zero-order chi connectivity index (χ0) is 13.4. The summed E-state index contributed by atoms with van der Waals surface area (Å²) in [6.07, 6.45) is 3.86. The van der Waals surface area contributed by atoms with Gasteiger partial charge >= 0.3 is 0 Å². The zero-order valence-electron chi connectivity index (χ0n) is 10.6. The van der Waals surface area contributed by atoms with Gasteiger partial charge in [0.05, 0.1) is 6.54 Å². The molecule has 1 aliphatic rings. The fourth-order valence-electron chi connectivity index (χ4n) is 2.38. The highest BCUT2D eigenvalue weighted by atomic mass is 79.9. The van der Waals surface area contributed by atoms with Crippen molar-refractivity contribution in [3.8, 4) is 0 Å². The average Bonchev–Trinajstić information content (AvgIpc) is 2.85. The van der Waals surface area contributed by atoms with Crippen molar-refractivity contribution in [3.05, 3.63) is 46.5 Å². The molecular weight excluding hydrogens is 306 g/mol. The number of nitrogens with zero attached hydrogens (tertiary/aromatic N) is 3. The first-order valence-electron chi connectivity index (χ1n) is 6.20. The normalized spacial score (nSPS) is 14.3. The second-order valence-corrected chi connectivity index (χ2v) is 5.53. The first-order chi connectivity index (χ1) is 9.15. The lowest BCUT2D eigenvalue weighted by Crippen LogP contribution is -2.33. The summed E-state index contributed by atoms with van der Waals surface area (Å²) in [5, 5.41) is 0. The molecule has 19 heavy (non-hydrogen) atoms. The molecule has 0 saturated carbocycles. The van der Waals surface area contributed by atoms with Crippen LogP contribution in [0.1, 0.15) is 23.1 Å². The van der Waals surface area contributed by atoms with Crippen LogP contribution in [-0.4, -0.2) is 21.9 Å². The Hall–Kier alpha value is -1.62. The van der Waals surface area contributed by atoms with Crippen LogP contribution in [0, 0.1) is 0 Å². The molecule has 0 N–H and O–H groups in total. The third-order valence-electron chi connectivity index (χ3n) is 3.44. The summed E-state index contributed by atoms with van der Waals surface area (Å²) in [4.78, 5) is 18.1. The number of ketones is 1. The van der Waals surface area contributed by atoms with E-state index in [2.05, 4.69) is 30.4 Å². The van der Waals surface area contributed by atoms with E-state index in [4.69, 9.17) is 0 Å². The van der Waals surface area contributed by atoms with Crippen LogP contribution >= 0.6 is 15.9 Å². The molecule has 1 aliphatic heterocycles. The van der Waals surface area contributed by atoms with Crippen LogP contribution in [0.5, 0.6) is 0 Å². The van der Waals surface area contributed by atoms with Gasteiger partial charge in [-0.2, -0.15) is 0 Å². The molecule has 3 rings (SSSR count). The molecule has 98 valence electrons. The van der Waals surface area contributed by atoms with Gasteiger partial charge in [-0.05, 0) is 41.1 Å². The number of benzene rings is 1. The van der Waals surface area contributed by atoms with Crippen LogP contribution in [0.2, 0.25) is 0 Å². The molecule has 1 aromatic carbocycles. The van der Waals surface area contributed by atoms with E-state index >= 15 is 0 Å². The van der Waals surface area contributed by atoms with E-state index in [1.54, 1.807) is 6.92 Å². The van der Waals surface area contributed by atoms with Gasteiger partial charge in [-0.15, -0.1) is 0 Å². The molecule has 0 aliphatic carbocycles. The summed E-state index contributed by atoms with van der Waals surface area (Å²) in [6.45, 7) is 4.28. The molecular formula is C14H14BrN3O. The van der Waals surface area contributed by atoms with Gasteiger partial charge < -0.3 is 9.47 Å². The maximum atomic E-state index is 11.4. The second-order valence-electron chi connectivity index (χ2n) is 4.68. The molecule has 0 saturated heterocycles. The van der Waals surface area contributed by atoms with E-state index < -0.39 is 0 Å². The SMILES string of the molecule is CC(=O)c1ccc(N2CCn3ccnc3C2)cc1Br. The fourth-order valence-corrected chi connectivity index (χ4v) is 3.03. The Morgan fingerprint density at radius 3 is 2.95 bits per heavy atom. The lowest BCUT2D eigenvalue weighted by Gasteiger charge is -2.29. The Morgan fingerprint density at radius 1 is 1.37 bits per heavy atom. The van der Waals surface area contributed by atoms with Crippen molar-refractivity contribution in [2.24, 2.45) is 0 Å². The Balaban J connectivity index is 1.88. The lowest BCUT2D eigenvalue weighted by molar-refractivity contribution is 0.101. The number of carbonyl (C=O) groups excluding carboxylic acids is 1. The summed E-state index contributed by atoms with van der Waals surface area (Å²) in [5.74, 6) is 1.16. The minimum atomic E-state index is 0.0765. The number of hydrogen-bond acceptors (Lipinski definition) is 3. The van der Waals surface area contributed by atoms with Gasteiger partial charge in [0.15, 0.2) is 5.78 Å². The van der Waals surface area contributed by atoms with E-state index in [9.17, 15) is 4.79 Å². The summed E-state index contributed by atoms with van der Waals surface area (Å²) in [5.41, 5.74) is 1.84. The van der Waals surface area contributed by atoms with Gasteiger partial charge in [-0.25, -0.2) is 4.98 Å². The van der Waals surface area contributed by atoms with Crippen molar-refractivity contribution >= 4 is 27.4 Å². The van der Waals surface area contributed by atoms with Gasteiger partial charge in [-0.1, -0.05) is 0 Å². The summed E-state index contributed by atoms with van der Waals surface area (Å²) < 4.78 is 3.03. The number of rotatable bonds is 2. The number of hydrogen-bond donors (Lipinski definition) is 0. The average molecular weight is 320 g/mol. The largest absolute Gasteiger partial charge is 0.362 e. The van der Waals surface area contributed by atoms with Gasteiger partial charge in [0.1, 0.15) is 5.82 Å². The molecule has 0 amide bonds. The van der Waals surface area contributed by atoms with Crippen molar-refractivity contribution in [2.75, 3.05) is 11.4 Å². The highest BCUT2D eigenvalue weighted by Gasteiger charge is 2.17. The van der Waals surface area contributed by atoms with Crippen LogP contribution in [0.25, 0.3) is 0 Å². The van der Waals surface area contributed by atoms with Crippen LogP contribution in [0.15, 0.2) is 35.1 Å². The monoisotopic (exact) mass is 319 g/mol. The Kier molecular flexibility index (Phi) is 3.14. The van der Waals surface area contributed by atoms with E-state index in [-0.39, 0.29) is 5.78 Å². The molecule has 1 aromatic heterocycles. The number of aromatic nitrogens is 2. The molecule has 0 fully saturated rings. The topological polar surface area (TPSA) is 38.1 Å². The third kappa shape index (κ3) is 2.30. The van der Waals surface area contributed by atoms with Crippen LogP contribution in [-0.2, 0) is 13.1 Å². The minimum Gasteiger partial charge on any atom is -0.362 e. The standard InChI is InChI=1S/C14H14BrN3O/c1-10(19)12-3-2-11(8-13(12)15)18-7-6-17-5-4-16-14(17)9-18/h2-5,8H,6-7,9H2,1H3. The lowest BCUT2D eigenvalue weighted by atomic mass is 10.1. The van der Waals surface area contributed by atoms with Crippen LogP contribution < -0.4 is 4.90 Å². The van der Waals surface area contributed by atoms with E-state index in [1.165, 1.54) is 0 Å². The summed E-state index contributed by atoms with van der Waals surface area (Å²) in [6, 6.07) is 5.89. The molecule has 2 heterocycles. The number of fused-ring (bicyclic) bond motifs is 1. The van der Waals surface area contributed by atoms with Crippen molar-refractivity contribution in [2.45, 2.75) is 20.0 Å². The van der Waals surface area contributed by atoms with E-state index in [0.29, 0.717) is 0 Å². The van der Waals surface area contributed by atoms with Crippen molar-refractivity contribution < 1.29 is 4.79 Å². The molecule has 4 nitrogen and oxygen atoms in total. The zero-order valence-corrected chi connectivity index (χ0v) is 12.2. The number of carbonyl (C=O) groups is 1. The number of anilines is 1. The van der Waals surface area contributed by atoms with E-state index in [1.807, 2.05) is 30.6 Å². The summed E-state index contributed by atoms with van der Waals surface area (Å²) in [7, 11) is 0. The quantitative estimate of drug-likeness (QED) is 0.799. The highest BCUT2D eigenvalue weighted by molar-refractivity contribution is 9.10. The van der Waals surface area contributed by atoms with Crippen molar-refractivity contribution in [3.63, 3.8) is 0 Å². The first-order valence-corrected chi connectivity index (χ1v) is 7.00. The van der Waals surface area contributed by atoms with Gasteiger partial charge in [0.25, 0.3) is 0 Å². The first kappa shape index (κ1) is 12.4. The van der Waals surface area contributed by atoms with Crippen molar-refractivity contribution in [1.82, 2.24) is 9.55 Å². The van der Waals surface area contributed by atoms with Gasteiger partial charge in [-0.3, -0.25) is 4.79 Å². The molecule has 0 atom stereocenters. The molecule has 2 aromatic rings. The molecule has 0 spiro atoms. The minimum absolute atomic E-state index is 0.0765. The Labute approximate surface area is 120 Å². The van der Waals surface area contributed by atoms with E-state index in [0.717, 1.165) is 41.2 Å². The second kappa shape index (κ2) is 4.81. The predicted octanol–water partition coefficient (Wildman–Crippen LogP) is 2.87. The van der Waals surface area contributed by atoms with Crippen LogP contribution in [0.3, 0.4) is 0 Å². The number of Topliss-reactive ketones (excluding diaryl/α,β-unsaturated/α-hetero) is 1. The van der Waals surface area contributed by atoms with Crippen molar-refractivity contribution in [1.29, 1.82) is 0 Å². The third-order valence-corrected chi connectivity index (χ3v) is 4.10. The maximum Gasteiger partial charge on any atom is 0.160 e. The van der Waals surface area contributed by atoms with Crippen LogP contribution in [0.4, 0.5) is 5.69 Å². The molecule has 0 unspecified atom stereocenters. The molecule has 0 radical (unpaired) electrons. The maximum absolute atomic E-state index is 11.4. The highest BCUT2D eigenvalue weighted by Crippen LogP contribution is 2.26. The number of imidazole rings is 1. The fraction of sp³-hybridized carbons (Fsp3) is 0.286. The Bertz CT molecular complexity index is 635. The summed E-state index contributed by atoms with van der Waals surface area (Å²) >= 11 is 3.47. The smallest absolute Gasteiger partial charge is 0.160 e. The molecule has 5 heteroatoms. The van der Waals surface area contributed by atoms with Gasteiger partial charge in [0, 0.05) is 41.2 Å². The number of halogens is 1. The molecule has 0 bridgehead atoms. The van der Waals surface area contributed by atoms with Gasteiger partial charge in [0.2, 0.25) is 0 Å².